The second-order valence-electron chi connectivity index (χ2n) is 12.7. The van der Waals surface area contributed by atoms with E-state index in [9.17, 15) is 19.2 Å². The molecule has 1 aliphatic carbocycles. The molecule has 3 aromatic rings. The fraction of sp³-hybridized carbons (Fsp3) is 0.405. The smallest absolute Gasteiger partial charge is 0.465 e. The van der Waals surface area contributed by atoms with Crippen molar-refractivity contribution in [3.63, 3.8) is 0 Å². The van der Waals surface area contributed by atoms with E-state index >= 15 is 0 Å². The van der Waals surface area contributed by atoms with Crippen LogP contribution in [0.2, 0.25) is 0 Å². The number of esters is 2. The molecule has 9 heteroatoms. The Morgan fingerprint density at radius 3 is 2.20 bits per heavy atom. The molecule has 0 saturated heterocycles. The highest BCUT2D eigenvalue weighted by Crippen LogP contribution is 2.36. The molecule has 0 unspecified atom stereocenters. The molecule has 0 saturated carbocycles. The molecule has 244 valence electrons. The average Bonchev–Trinajstić information content (AvgIpc) is 3.04. The van der Waals surface area contributed by atoms with E-state index in [1.54, 1.807) is 13.8 Å². The van der Waals surface area contributed by atoms with E-state index in [4.69, 9.17) is 18.9 Å². The summed E-state index contributed by atoms with van der Waals surface area (Å²) in [6.07, 6.45) is -0.265. The second-order valence-corrected chi connectivity index (χ2v) is 12.7. The SMILES string of the molecule is CC(C)OC(=O)OCC(C)(C)COC(=O)[C@H]1C[C@H](NC(=O)CCC(=O)OCc2ccccc2)Cc2ccc(-c3ccccc3)cc21. The molecule has 0 bridgehead atoms. The maximum Gasteiger partial charge on any atom is 0.508 e. The summed E-state index contributed by atoms with van der Waals surface area (Å²) in [5.74, 6) is -1.79. The molecular formula is C37H43NO8. The Kier molecular flexibility index (Phi) is 11.9. The zero-order valence-electron chi connectivity index (χ0n) is 27.0. The fourth-order valence-electron chi connectivity index (χ4n) is 5.22. The van der Waals surface area contributed by atoms with Crippen LogP contribution in [0.3, 0.4) is 0 Å². The topological polar surface area (TPSA) is 117 Å². The van der Waals surface area contributed by atoms with Gasteiger partial charge in [-0.05, 0) is 54.5 Å². The van der Waals surface area contributed by atoms with Crippen LogP contribution >= 0.6 is 0 Å². The highest BCUT2D eigenvalue weighted by atomic mass is 16.7. The van der Waals surface area contributed by atoms with Crippen molar-refractivity contribution < 1.29 is 38.1 Å². The van der Waals surface area contributed by atoms with Crippen molar-refractivity contribution >= 4 is 24.0 Å². The van der Waals surface area contributed by atoms with Crippen LogP contribution in [-0.2, 0) is 46.4 Å². The lowest BCUT2D eigenvalue weighted by atomic mass is 9.78. The third-order valence-electron chi connectivity index (χ3n) is 7.58. The van der Waals surface area contributed by atoms with E-state index in [0.717, 1.165) is 27.8 Å². The van der Waals surface area contributed by atoms with Crippen molar-refractivity contribution in [2.75, 3.05) is 13.2 Å². The third-order valence-corrected chi connectivity index (χ3v) is 7.58. The van der Waals surface area contributed by atoms with Gasteiger partial charge in [-0.1, -0.05) is 92.7 Å². The lowest BCUT2D eigenvalue weighted by molar-refractivity contribution is -0.150. The summed E-state index contributed by atoms with van der Waals surface area (Å²) in [6, 6.07) is 25.0. The molecule has 0 heterocycles. The minimum Gasteiger partial charge on any atom is -0.465 e. The fourth-order valence-corrected chi connectivity index (χ4v) is 5.22. The number of nitrogens with one attached hydrogen (secondary N) is 1. The lowest BCUT2D eigenvalue weighted by Gasteiger charge is -2.32. The van der Waals surface area contributed by atoms with Crippen LogP contribution in [-0.4, -0.2) is 49.4 Å². The zero-order chi connectivity index (χ0) is 33.1. The van der Waals surface area contributed by atoms with Gasteiger partial charge in [0, 0.05) is 17.9 Å². The van der Waals surface area contributed by atoms with Gasteiger partial charge in [0.2, 0.25) is 5.91 Å². The van der Waals surface area contributed by atoms with Crippen molar-refractivity contribution in [2.45, 2.75) is 78.0 Å². The van der Waals surface area contributed by atoms with Gasteiger partial charge in [-0.2, -0.15) is 0 Å². The molecule has 3 aromatic carbocycles. The predicted molar refractivity (Wildman–Crippen MR) is 173 cm³/mol. The summed E-state index contributed by atoms with van der Waals surface area (Å²) < 4.78 is 21.4. The Balaban J connectivity index is 1.40. The predicted octanol–water partition coefficient (Wildman–Crippen LogP) is 6.52. The number of fused-ring (bicyclic) bond motifs is 1. The first-order valence-corrected chi connectivity index (χ1v) is 15.7. The van der Waals surface area contributed by atoms with Crippen molar-refractivity contribution in [2.24, 2.45) is 5.41 Å². The van der Waals surface area contributed by atoms with Gasteiger partial charge >= 0.3 is 18.1 Å². The van der Waals surface area contributed by atoms with Crippen LogP contribution in [0.4, 0.5) is 4.79 Å². The van der Waals surface area contributed by atoms with E-state index < -0.39 is 29.4 Å². The van der Waals surface area contributed by atoms with E-state index in [0.29, 0.717) is 12.8 Å². The van der Waals surface area contributed by atoms with Crippen LogP contribution < -0.4 is 5.32 Å². The number of benzene rings is 3. The maximum atomic E-state index is 13.6. The Labute approximate surface area is 270 Å². The number of hydrogen-bond donors (Lipinski definition) is 1. The van der Waals surface area contributed by atoms with Gasteiger partial charge in [0.25, 0.3) is 0 Å². The van der Waals surface area contributed by atoms with Crippen molar-refractivity contribution in [1.29, 1.82) is 0 Å². The molecule has 1 aliphatic rings. The molecule has 0 spiro atoms. The first kappa shape index (κ1) is 34.2. The number of ether oxygens (including phenoxy) is 4. The van der Waals surface area contributed by atoms with Gasteiger partial charge in [-0.25, -0.2) is 4.79 Å². The highest BCUT2D eigenvalue weighted by Gasteiger charge is 2.35. The Morgan fingerprint density at radius 2 is 1.50 bits per heavy atom. The van der Waals surface area contributed by atoms with Gasteiger partial charge in [0.1, 0.15) is 13.2 Å². The molecule has 9 nitrogen and oxygen atoms in total. The largest absolute Gasteiger partial charge is 0.508 e. The van der Waals surface area contributed by atoms with Crippen LogP contribution in [0.25, 0.3) is 11.1 Å². The Hall–Kier alpha value is -4.66. The van der Waals surface area contributed by atoms with E-state index in [-0.39, 0.29) is 50.7 Å². The van der Waals surface area contributed by atoms with Crippen LogP contribution in [0.5, 0.6) is 0 Å². The summed E-state index contributed by atoms with van der Waals surface area (Å²) in [4.78, 5) is 50.6. The normalized spacial score (nSPS) is 15.8. The minimum absolute atomic E-state index is 0.0116. The van der Waals surface area contributed by atoms with Gasteiger partial charge < -0.3 is 24.3 Å². The summed E-state index contributed by atoms with van der Waals surface area (Å²) in [5, 5.41) is 3.01. The molecule has 0 aromatic heterocycles. The second kappa shape index (κ2) is 16.1. The van der Waals surface area contributed by atoms with Crippen LogP contribution in [0, 0.1) is 5.41 Å². The number of hydrogen-bond acceptors (Lipinski definition) is 8. The number of rotatable bonds is 13. The summed E-state index contributed by atoms with van der Waals surface area (Å²) in [5.41, 5.74) is 4.02. The minimum atomic E-state index is -0.771. The van der Waals surface area contributed by atoms with Gasteiger partial charge in [-0.3, -0.25) is 14.4 Å². The molecule has 4 rings (SSSR count). The molecule has 1 N–H and O–H groups in total. The van der Waals surface area contributed by atoms with Crippen molar-refractivity contribution in [3.8, 4) is 11.1 Å². The molecule has 2 atom stereocenters. The van der Waals surface area contributed by atoms with Gasteiger partial charge in [0.15, 0.2) is 0 Å². The summed E-state index contributed by atoms with van der Waals surface area (Å²) in [6.45, 7) is 7.32. The molecule has 0 aliphatic heterocycles. The number of carbonyl (C=O) groups is 4. The number of carbonyl (C=O) groups excluding carboxylic acids is 4. The van der Waals surface area contributed by atoms with E-state index in [2.05, 4.69) is 5.32 Å². The Morgan fingerprint density at radius 1 is 0.826 bits per heavy atom. The molecule has 1 amide bonds. The van der Waals surface area contributed by atoms with E-state index in [1.165, 1.54) is 0 Å². The first-order chi connectivity index (χ1) is 22.0. The van der Waals surface area contributed by atoms with Gasteiger partial charge in [0.05, 0.1) is 25.0 Å². The molecule has 46 heavy (non-hydrogen) atoms. The van der Waals surface area contributed by atoms with Crippen molar-refractivity contribution in [3.05, 3.63) is 95.6 Å². The van der Waals surface area contributed by atoms with E-state index in [1.807, 2.05) is 92.7 Å². The maximum absolute atomic E-state index is 13.6. The van der Waals surface area contributed by atoms with Crippen LogP contribution in [0.1, 0.15) is 69.6 Å². The molecule has 0 fully saturated rings. The van der Waals surface area contributed by atoms with Crippen LogP contribution in [0.15, 0.2) is 78.9 Å². The zero-order valence-corrected chi connectivity index (χ0v) is 27.0. The summed E-state index contributed by atoms with van der Waals surface area (Å²) in [7, 11) is 0. The first-order valence-electron chi connectivity index (χ1n) is 15.7. The van der Waals surface area contributed by atoms with Crippen molar-refractivity contribution in [1.82, 2.24) is 5.32 Å². The lowest BCUT2D eigenvalue weighted by Crippen LogP contribution is -2.42. The standard InChI is InChI=1S/C37H43NO8/c1-25(2)46-36(42)45-24-37(3,4)23-44-35(41)32-21-30(19-29-16-15-28(20-31(29)32)27-13-9-6-10-14-27)38-33(39)17-18-34(40)43-22-26-11-7-5-8-12-26/h5-16,20,25,30,32H,17-19,21-24H2,1-4H3,(H,38,39)/t30-,32+/m1/s1. The monoisotopic (exact) mass is 629 g/mol. The third kappa shape index (κ3) is 10.5. The Bertz CT molecular complexity index is 1490. The quantitative estimate of drug-likeness (QED) is 0.168. The molecule has 0 radical (unpaired) electrons. The molecular weight excluding hydrogens is 586 g/mol. The van der Waals surface area contributed by atoms with Gasteiger partial charge in [-0.15, -0.1) is 0 Å². The summed E-state index contributed by atoms with van der Waals surface area (Å²) >= 11 is 0. The number of amides is 1. The highest BCUT2D eigenvalue weighted by molar-refractivity contribution is 5.83. The average molecular weight is 630 g/mol.